The van der Waals surface area contributed by atoms with Crippen LogP contribution in [0, 0.1) is 6.92 Å². The highest BCUT2D eigenvalue weighted by Crippen LogP contribution is 2.40. The van der Waals surface area contributed by atoms with Gasteiger partial charge < -0.3 is 16.5 Å². The molecule has 2 heterocycles. The molecule has 2 aliphatic rings. The van der Waals surface area contributed by atoms with Crippen molar-refractivity contribution in [3.63, 3.8) is 0 Å². The van der Waals surface area contributed by atoms with E-state index in [1.165, 1.54) is 12.0 Å². The summed E-state index contributed by atoms with van der Waals surface area (Å²) in [5, 5.41) is 0. The molecule has 2 aromatic carbocycles. The van der Waals surface area contributed by atoms with Crippen molar-refractivity contribution in [2.24, 2.45) is 21.5 Å². The minimum atomic E-state index is -0.443. The summed E-state index contributed by atoms with van der Waals surface area (Å²) >= 11 is 0. The highest BCUT2D eigenvalue weighted by molar-refractivity contribution is 6.06. The lowest BCUT2D eigenvalue weighted by molar-refractivity contribution is 0.305. The summed E-state index contributed by atoms with van der Waals surface area (Å²) in [5.74, 6) is 1.52. The summed E-state index contributed by atoms with van der Waals surface area (Å²) in [6, 6.07) is 14.5. The van der Waals surface area contributed by atoms with Gasteiger partial charge in [0, 0.05) is 11.3 Å². The van der Waals surface area contributed by atoms with E-state index in [0.717, 1.165) is 53.8 Å². The summed E-state index contributed by atoms with van der Waals surface area (Å²) in [7, 11) is 0. The Kier molecular flexibility index (Phi) is 4.04. The Morgan fingerprint density at radius 2 is 1.76 bits per heavy atom. The van der Waals surface area contributed by atoms with Crippen molar-refractivity contribution < 1.29 is 0 Å². The van der Waals surface area contributed by atoms with Crippen molar-refractivity contribution in [2.75, 3.05) is 4.90 Å². The van der Waals surface area contributed by atoms with Crippen LogP contribution in [0.25, 0.3) is 22.4 Å². The second-order valence-corrected chi connectivity index (χ2v) is 7.97. The molecule has 0 atom stereocenters. The number of benzene rings is 2. The molecule has 1 aliphatic heterocycles. The fourth-order valence-corrected chi connectivity index (χ4v) is 4.48. The molecule has 5 rings (SSSR count). The maximum atomic E-state index is 6.35. The molecule has 7 nitrogen and oxygen atoms in total. The van der Waals surface area contributed by atoms with Crippen LogP contribution in [0.4, 0.5) is 5.69 Å². The molecule has 148 valence electrons. The number of H-pyrrole nitrogens is 1. The van der Waals surface area contributed by atoms with Crippen LogP contribution in [0.2, 0.25) is 0 Å². The van der Waals surface area contributed by atoms with Crippen LogP contribution in [0.3, 0.4) is 0 Å². The van der Waals surface area contributed by atoms with E-state index in [-0.39, 0.29) is 5.96 Å². The number of aliphatic imine (C=N–C) groups is 2. The van der Waals surface area contributed by atoms with Gasteiger partial charge in [0.15, 0.2) is 0 Å². The number of guanidine groups is 2. The zero-order valence-electron chi connectivity index (χ0n) is 16.5. The number of nitrogens with two attached hydrogens (primary N) is 2. The van der Waals surface area contributed by atoms with E-state index in [9.17, 15) is 0 Å². The lowest BCUT2D eigenvalue weighted by Crippen LogP contribution is -2.58. The molecule has 0 bridgehead atoms. The van der Waals surface area contributed by atoms with E-state index >= 15 is 0 Å². The standard InChI is InChI=1S/C22H25N7/c1-14-5-7-15(8-6-14)19-25-17-10-9-16(13-18(17)26-19)29-21(24)27-20(23)28-22(29)11-3-2-4-12-22/h5-10,13H,2-4,11-12H2,1H3,(H,25,26)(H4,23,24,27,28). The van der Waals surface area contributed by atoms with E-state index in [4.69, 9.17) is 21.4 Å². The Morgan fingerprint density at radius 3 is 2.52 bits per heavy atom. The lowest BCUT2D eigenvalue weighted by Gasteiger charge is -2.45. The molecule has 1 saturated carbocycles. The molecule has 0 saturated heterocycles. The predicted octanol–water partition coefficient (Wildman–Crippen LogP) is 3.65. The third-order valence-corrected chi connectivity index (χ3v) is 5.90. The first-order valence-electron chi connectivity index (χ1n) is 10.1. The average Bonchev–Trinajstić information content (AvgIpc) is 3.12. The molecule has 3 aromatic rings. The number of hydrogen-bond acceptors (Lipinski definition) is 6. The SMILES string of the molecule is Cc1ccc(-c2nc3ccc(N4C(N)=NC(N)=NC45CCCCC5)cc3[nH]2)cc1. The number of nitrogens with one attached hydrogen (secondary N) is 1. The van der Waals surface area contributed by atoms with E-state index in [0.29, 0.717) is 5.96 Å². The zero-order valence-corrected chi connectivity index (χ0v) is 16.5. The summed E-state index contributed by atoms with van der Waals surface area (Å²) in [4.78, 5) is 19.3. The van der Waals surface area contributed by atoms with Gasteiger partial charge in [-0.25, -0.2) is 9.98 Å². The molecule has 1 aliphatic carbocycles. The normalized spacial score (nSPS) is 18.7. The molecule has 0 amide bonds. The van der Waals surface area contributed by atoms with Crippen LogP contribution in [-0.2, 0) is 0 Å². The van der Waals surface area contributed by atoms with Gasteiger partial charge >= 0.3 is 0 Å². The van der Waals surface area contributed by atoms with E-state index in [1.54, 1.807) is 0 Å². The number of hydrogen-bond donors (Lipinski definition) is 3. The molecule has 7 heteroatoms. The first-order valence-corrected chi connectivity index (χ1v) is 10.1. The van der Waals surface area contributed by atoms with E-state index in [1.807, 2.05) is 17.0 Å². The number of rotatable bonds is 2. The topological polar surface area (TPSA) is 109 Å². The zero-order chi connectivity index (χ0) is 20.0. The number of nitrogens with zero attached hydrogens (tertiary/aromatic N) is 4. The third-order valence-electron chi connectivity index (χ3n) is 5.90. The Bertz CT molecular complexity index is 1120. The van der Waals surface area contributed by atoms with Crippen molar-refractivity contribution in [1.82, 2.24) is 9.97 Å². The molecule has 0 unspecified atom stereocenters. The number of aromatic nitrogens is 2. The van der Waals surface area contributed by atoms with E-state index < -0.39 is 5.66 Å². The number of anilines is 1. The van der Waals surface area contributed by atoms with E-state index in [2.05, 4.69) is 47.2 Å². The summed E-state index contributed by atoms with van der Waals surface area (Å²) in [6.45, 7) is 2.08. The van der Waals surface area contributed by atoms with Crippen molar-refractivity contribution in [1.29, 1.82) is 0 Å². The quantitative estimate of drug-likeness (QED) is 0.623. The van der Waals surface area contributed by atoms with Crippen molar-refractivity contribution >= 4 is 28.6 Å². The van der Waals surface area contributed by atoms with Gasteiger partial charge in [-0.15, -0.1) is 0 Å². The molecule has 0 radical (unpaired) electrons. The monoisotopic (exact) mass is 387 g/mol. The molecule has 1 aromatic heterocycles. The van der Waals surface area contributed by atoms with Gasteiger partial charge in [-0.2, -0.15) is 4.99 Å². The Labute approximate surface area is 169 Å². The van der Waals surface area contributed by atoms with Crippen LogP contribution in [0.1, 0.15) is 37.7 Å². The first kappa shape index (κ1) is 17.7. The fourth-order valence-electron chi connectivity index (χ4n) is 4.48. The van der Waals surface area contributed by atoms with Gasteiger partial charge in [-0.05, 0) is 50.8 Å². The third kappa shape index (κ3) is 3.03. The summed E-state index contributed by atoms with van der Waals surface area (Å²) in [5.41, 5.74) is 17.0. The molecule has 5 N–H and O–H groups in total. The Balaban J connectivity index is 1.57. The molecule has 1 spiro atoms. The van der Waals surface area contributed by atoms with Crippen LogP contribution in [0.5, 0.6) is 0 Å². The van der Waals surface area contributed by atoms with Crippen LogP contribution in [-0.4, -0.2) is 27.5 Å². The predicted molar refractivity (Wildman–Crippen MR) is 118 cm³/mol. The van der Waals surface area contributed by atoms with Crippen LogP contribution < -0.4 is 16.4 Å². The minimum absolute atomic E-state index is 0.268. The van der Waals surface area contributed by atoms with Crippen LogP contribution >= 0.6 is 0 Å². The molecule has 29 heavy (non-hydrogen) atoms. The van der Waals surface area contributed by atoms with Gasteiger partial charge in [0.1, 0.15) is 11.5 Å². The smallest absolute Gasteiger partial charge is 0.220 e. The summed E-state index contributed by atoms with van der Waals surface area (Å²) < 4.78 is 0. The van der Waals surface area contributed by atoms with Crippen molar-refractivity contribution in [3.05, 3.63) is 48.0 Å². The first-order chi connectivity index (χ1) is 14.0. The second-order valence-electron chi connectivity index (χ2n) is 7.97. The summed E-state index contributed by atoms with van der Waals surface area (Å²) in [6.07, 6.45) is 5.25. The Morgan fingerprint density at radius 1 is 1.00 bits per heavy atom. The Hall–Kier alpha value is -3.35. The van der Waals surface area contributed by atoms with Gasteiger partial charge in [0.05, 0.1) is 11.0 Å². The fraction of sp³-hybridized carbons (Fsp3) is 0.318. The van der Waals surface area contributed by atoms with Gasteiger partial charge in [-0.1, -0.05) is 36.2 Å². The maximum Gasteiger partial charge on any atom is 0.220 e. The van der Waals surface area contributed by atoms with Gasteiger partial charge in [0.2, 0.25) is 11.9 Å². The number of aromatic amines is 1. The van der Waals surface area contributed by atoms with Gasteiger partial charge in [-0.3, -0.25) is 4.90 Å². The molecular weight excluding hydrogens is 362 g/mol. The molecule has 1 fully saturated rings. The van der Waals surface area contributed by atoms with Gasteiger partial charge in [0.25, 0.3) is 0 Å². The molecular formula is C22H25N7. The van der Waals surface area contributed by atoms with Crippen LogP contribution in [0.15, 0.2) is 52.4 Å². The minimum Gasteiger partial charge on any atom is -0.369 e. The largest absolute Gasteiger partial charge is 0.369 e. The number of aryl methyl sites for hydroxylation is 1. The average molecular weight is 387 g/mol. The van der Waals surface area contributed by atoms with Crippen molar-refractivity contribution in [3.8, 4) is 11.4 Å². The lowest BCUT2D eigenvalue weighted by atomic mass is 9.87. The number of imidazole rings is 1. The highest BCUT2D eigenvalue weighted by Gasteiger charge is 2.42. The maximum absolute atomic E-state index is 6.35. The highest BCUT2D eigenvalue weighted by atomic mass is 15.4. The number of fused-ring (bicyclic) bond motifs is 1. The van der Waals surface area contributed by atoms with Crippen molar-refractivity contribution in [2.45, 2.75) is 44.7 Å². The second kappa shape index (κ2) is 6.62.